The first-order valence-electron chi connectivity index (χ1n) is 8.31. The molecule has 2 aliphatic carbocycles. The summed E-state index contributed by atoms with van der Waals surface area (Å²) in [6.45, 7) is 5.01. The number of aryl methyl sites for hydroxylation is 2. The van der Waals surface area contributed by atoms with Crippen molar-refractivity contribution in [2.24, 2.45) is 0 Å². The molecule has 4 heteroatoms. The molecular formula is C18H26N2O2. The van der Waals surface area contributed by atoms with Gasteiger partial charge in [-0.3, -0.25) is 9.69 Å². The molecule has 22 heavy (non-hydrogen) atoms. The summed E-state index contributed by atoms with van der Waals surface area (Å²) in [5.74, 6) is 0.0996. The summed E-state index contributed by atoms with van der Waals surface area (Å²) in [5, 5.41) is 13.6. The van der Waals surface area contributed by atoms with E-state index in [1.165, 1.54) is 0 Å². The van der Waals surface area contributed by atoms with Crippen molar-refractivity contribution in [2.75, 3.05) is 13.1 Å². The number of amides is 1. The number of aliphatic hydroxyl groups excluding tert-OH is 1. The van der Waals surface area contributed by atoms with E-state index in [0.29, 0.717) is 25.2 Å². The molecule has 1 aromatic rings. The maximum atomic E-state index is 12.0. The van der Waals surface area contributed by atoms with Crippen LogP contribution in [0.5, 0.6) is 0 Å². The van der Waals surface area contributed by atoms with Crippen molar-refractivity contribution >= 4 is 5.91 Å². The van der Waals surface area contributed by atoms with Crippen LogP contribution in [0.3, 0.4) is 0 Å². The highest BCUT2D eigenvalue weighted by Gasteiger charge is 2.33. The molecule has 0 aliphatic heterocycles. The summed E-state index contributed by atoms with van der Waals surface area (Å²) < 4.78 is 0. The van der Waals surface area contributed by atoms with Gasteiger partial charge in [0.25, 0.3) is 0 Å². The second-order valence-electron chi connectivity index (χ2n) is 6.88. The molecule has 0 heterocycles. The summed E-state index contributed by atoms with van der Waals surface area (Å²) in [5.41, 5.74) is 3.24. The largest absolute Gasteiger partial charge is 0.387 e. The van der Waals surface area contributed by atoms with Crippen molar-refractivity contribution in [2.45, 2.75) is 57.7 Å². The number of rotatable bonds is 7. The van der Waals surface area contributed by atoms with Crippen molar-refractivity contribution in [1.82, 2.24) is 10.2 Å². The van der Waals surface area contributed by atoms with E-state index < -0.39 is 6.10 Å². The molecular weight excluding hydrogens is 276 g/mol. The highest BCUT2D eigenvalue weighted by molar-refractivity contribution is 5.78. The fraction of sp³-hybridized carbons (Fsp3) is 0.611. The van der Waals surface area contributed by atoms with Crippen LogP contribution in [0, 0.1) is 13.8 Å². The van der Waals surface area contributed by atoms with Crippen molar-refractivity contribution in [3.63, 3.8) is 0 Å². The van der Waals surface area contributed by atoms with Crippen molar-refractivity contribution in [1.29, 1.82) is 0 Å². The van der Waals surface area contributed by atoms with Gasteiger partial charge in [-0.1, -0.05) is 23.8 Å². The van der Waals surface area contributed by atoms with Crippen LogP contribution in [0.1, 0.15) is 48.5 Å². The Kier molecular flexibility index (Phi) is 4.50. The van der Waals surface area contributed by atoms with Gasteiger partial charge in [0, 0.05) is 18.6 Å². The lowest BCUT2D eigenvalue weighted by atomic mass is 10.0. The first kappa shape index (κ1) is 15.5. The normalized spacial score (nSPS) is 19.3. The fourth-order valence-corrected chi connectivity index (χ4v) is 2.91. The molecule has 0 bridgehead atoms. The number of nitrogens with zero attached hydrogens (tertiary/aromatic N) is 1. The highest BCUT2D eigenvalue weighted by Crippen LogP contribution is 2.29. The van der Waals surface area contributed by atoms with Gasteiger partial charge >= 0.3 is 0 Å². The highest BCUT2D eigenvalue weighted by atomic mass is 16.3. The maximum absolute atomic E-state index is 12.0. The van der Waals surface area contributed by atoms with Crippen LogP contribution in [-0.4, -0.2) is 41.1 Å². The summed E-state index contributed by atoms with van der Waals surface area (Å²) in [4.78, 5) is 14.2. The van der Waals surface area contributed by atoms with Crippen LogP contribution < -0.4 is 5.32 Å². The van der Waals surface area contributed by atoms with Gasteiger partial charge in [0.05, 0.1) is 12.6 Å². The van der Waals surface area contributed by atoms with Gasteiger partial charge in [0.15, 0.2) is 0 Å². The minimum atomic E-state index is -0.533. The molecule has 1 atom stereocenters. The van der Waals surface area contributed by atoms with Crippen molar-refractivity contribution < 1.29 is 9.90 Å². The van der Waals surface area contributed by atoms with Gasteiger partial charge in [-0.25, -0.2) is 0 Å². The van der Waals surface area contributed by atoms with Crippen LogP contribution in [0.4, 0.5) is 0 Å². The maximum Gasteiger partial charge on any atom is 0.234 e. The van der Waals surface area contributed by atoms with E-state index in [1.807, 2.05) is 13.8 Å². The Bertz CT molecular complexity index is 550. The van der Waals surface area contributed by atoms with Crippen molar-refractivity contribution in [3.05, 3.63) is 34.9 Å². The average Bonchev–Trinajstić information content (AvgIpc) is 3.33. The number of hydrogen-bond donors (Lipinski definition) is 2. The van der Waals surface area contributed by atoms with Gasteiger partial charge in [-0.05, 0) is 50.7 Å². The average molecular weight is 302 g/mol. The Morgan fingerprint density at radius 2 is 2.05 bits per heavy atom. The molecule has 1 aromatic carbocycles. The number of nitrogens with one attached hydrogen (secondary N) is 1. The minimum absolute atomic E-state index is 0.0996. The molecule has 0 radical (unpaired) electrons. The number of carbonyl (C=O) groups excluding carboxylic acids is 1. The summed E-state index contributed by atoms with van der Waals surface area (Å²) >= 11 is 0. The Labute approximate surface area is 132 Å². The Balaban J connectivity index is 1.62. The van der Waals surface area contributed by atoms with Gasteiger partial charge in [0.1, 0.15) is 0 Å². The molecule has 2 aliphatic rings. The van der Waals surface area contributed by atoms with Crippen LogP contribution in [0.2, 0.25) is 0 Å². The molecule has 3 rings (SSSR count). The van der Waals surface area contributed by atoms with E-state index in [4.69, 9.17) is 0 Å². The van der Waals surface area contributed by atoms with Gasteiger partial charge in [-0.15, -0.1) is 0 Å². The number of carbonyl (C=O) groups is 1. The lowest BCUT2D eigenvalue weighted by molar-refractivity contribution is -0.122. The number of aliphatic hydroxyl groups is 1. The van der Waals surface area contributed by atoms with Gasteiger partial charge in [-0.2, -0.15) is 0 Å². The van der Waals surface area contributed by atoms with Crippen LogP contribution in [-0.2, 0) is 4.79 Å². The third kappa shape index (κ3) is 4.08. The lowest BCUT2D eigenvalue weighted by Gasteiger charge is -2.25. The zero-order valence-corrected chi connectivity index (χ0v) is 13.5. The van der Waals surface area contributed by atoms with E-state index in [2.05, 4.69) is 28.4 Å². The second kappa shape index (κ2) is 6.39. The predicted molar refractivity (Wildman–Crippen MR) is 86.6 cm³/mol. The molecule has 120 valence electrons. The predicted octanol–water partition coefficient (Wildman–Crippen LogP) is 2.08. The Morgan fingerprint density at radius 1 is 1.32 bits per heavy atom. The van der Waals surface area contributed by atoms with E-state index in [0.717, 1.165) is 42.4 Å². The first-order valence-corrected chi connectivity index (χ1v) is 8.31. The van der Waals surface area contributed by atoms with Gasteiger partial charge in [0.2, 0.25) is 5.91 Å². The Hall–Kier alpha value is -1.39. The van der Waals surface area contributed by atoms with Crippen LogP contribution in [0.25, 0.3) is 0 Å². The zero-order valence-electron chi connectivity index (χ0n) is 13.5. The standard InChI is InChI=1S/C18H26N2O2/c1-12-3-4-13(2)16(9-12)17(21)10-20(15-7-8-15)11-18(22)19-14-5-6-14/h3-4,9,14-15,17,21H,5-8,10-11H2,1-2H3,(H,19,22)/t17-/m0/s1. The molecule has 0 saturated heterocycles. The third-order valence-corrected chi connectivity index (χ3v) is 4.55. The smallest absolute Gasteiger partial charge is 0.234 e. The first-order chi connectivity index (χ1) is 10.5. The molecule has 0 unspecified atom stereocenters. The number of benzene rings is 1. The topological polar surface area (TPSA) is 52.6 Å². The molecule has 0 aromatic heterocycles. The van der Waals surface area contributed by atoms with E-state index >= 15 is 0 Å². The van der Waals surface area contributed by atoms with Gasteiger partial charge < -0.3 is 10.4 Å². The SMILES string of the molecule is Cc1ccc(C)c([C@@H](O)CN(CC(=O)NC2CC2)C2CC2)c1. The molecule has 0 spiro atoms. The van der Waals surface area contributed by atoms with Crippen LogP contribution in [0.15, 0.2) is 18.2 Å². The zero-order chi connectivity index (χ0) is 15.7. The van der Waals surface area contributed by atoms with E-state index in [1.54, 1.807) is 0 Å². The number of hydrogen-bond acceptors (Lipinski definition) is 3. The summed E-state index contributed by atoms with van der Waals surface area (Å²) in [7, 11) is 0. The van der Waals surface area contributed by atoms with Crippen molar-refractivity contribution in [3.8, 4) is 0 Å². The second-order valence-corrected chi connectivity index (χ2v) is 6.88. The molecule has 1 amide bonds. The summed E-state index contributed by atoms with van der Waals surface area (Å²) in [6, 6.07) is 7.03. The molecule has 2 N–H and O–H groups in total. The third-order valence-electron chi connectivity index (χ3n) is 4.55. The minimum Gasteiger partial charge on any atom is -0.387 e. The van der Waals surface area contributed by atoms with E-state index in [-0.39, 0.29) is 5.91 Å². The monoisotopic (exact) mass is 302 g/mol. The quantitative estimate of drug-likeness (QED) is 0.811. The summed E-state index contributed by atoms with van der Waals surface area (Å²) in [6.07, 6.45) is 3.96. The van der Waals surface area contributed by atoms with E-state index in [9.17, 15) is 9.90 Å². The molecule has 2 fully saturated rings. The molecule has 2 saturated carbocycles. The Morgan fingerprint density at radius 3 is 2.68 bits per heavy atom. The molecule has 4 nitrogen and oxygen atoms in total. The van der Waals surface area contributed by atoms with Crippen LogP contribution >= 0.6 is 0 Å². The lowest BCUT2D eigenvalue weighted by Crippen LogP contribution is -2.41. The fourth-order valence-electron chi connectivity index (χ4n) is 2.91.